The molecule has 1 fully saturated rings. The van der Waals surface area contributed by atoms with E-state index in [-0.39, 0.29) is 0 Å². The monoisotopic (exact) mass is 130 g/mol. The van der Waals surface area contributed by atoms with Gasteiger partial charge in [-0.15, -0.1) is 0 Å². The second kappa shape index (κ2) is 2.64. The number of nitrogens with zero attached hydrogens (tertiary/aromatic N) is 2. The lowest BCUT2D eigenvalue weighted by molar-refractivity contribution is -0.127. The van der Waals surface area contributed by atoms with E-state index in [2.05, 4.69) is 18.9 Å². The van der Waals surface area contributed by atoms with Crippen molar-refractivity contribution in [1.29, 1.82) is 0 Å². The number of hydrogen-bond acceptors (Lipinski definition) is 3. The molecule has 0 aliphatic carbocycles. The fraction of sp³-hybridized carbons (Fsp3) is 1.00. The molecule has 0 aromatic heterocycles. The molecule has 0 aromatic rings. The smallest absolute Gasteiger partial charge is 0.0392 e. The van der Waals surface area contributed by atoms with Gasteiger partial charge in [0, 0.05) is 25.7 Å². The van der Waals surface area contributed by atoms with Gasteiger partial charge in [-0.2, -0.15) is 5.06 Å². The summed E-state index contributed by atoms with van der Waals surface area (Å²) in [7, 11) is 2.08. The third kappa shape index (κ3) is 1.64. The van der Waals surface area contributed by atoms with Crippen molar-refractivity contribution in [3.63, 3.8) is 0 Å². The molecule has 0 amide bonds. The Morgan fingerprint density at radius 2 is 2.11 bits per heavy atom. The molecule has 1 aliphatic heterocycles. The molecule has 54 valence electrons. The van der Waals surface area contributed by atoms with E-state index >= 15 is 0 Å². The Kier molecular flexibility index (Phi) is 2.05. The highest BCUT2D eigenvalue weighted by Crippen LogP contribution is 2.02. The van der Waals surface area contributed by atoms with Gasteiger partial charge in [-0.25, -0.2) is 0 Å². The molecule has 0 radical (unpaired) electrons. The summed E-state index contributed by atoms with van der Waals surface area (Å²) in [6.07, 6.45) is 0. The van der Waals surface area contributed by atoms with Crippen molar-refractivity contribution in [2.45, 2.75) is 13.0 Å². The zero-order valence-corrected chi connectivity index (χ0v) is 6.04. The molecule has 1 heterocycles. The van der Waals surface area contributed by atoms with Gasteiger partial charge in [-0.05, 0) is 14.0 Å². The van der Waals surface area contributed by atoms with Crippen molar-refractivity contribution in [3.05, 3.63) is 0 Å². The van der Waals surface area contributed by atoms with Gasteiger partial charge in [-0.1, -0.05) is 0 Å². The fourth-order valence-electron chi connectivity index (χ4n) is 1.03. The number of piperazine rings is 1. The van der Waals surface area contributed by atoms with Crippen LogP contribution in [0.4, 0.5) is 0 Å². The molecule has 3 nitrogen and oxygen atoms in total. The largest absolute Gasteiger partial charge is 0.314 e. The second-order valence-corrected chi connectivity index (χ2v) is 2.74. The fourth-order valence-corrected chi connectivity index (χ4v) is 1.03. The lowest BCUT2D eigenvalue weighted by atomic mass is 10.2. The Bertz CT molecular complexity index is 97.1. The highest BCUT2D eigenvalue weighted by Gasteiger charge is 2.18. The molecule has 0 saturated carbocycles. The van der Waals surface area contributed by atoms with Gasteiger partial charge in [0.2, 0.25) is 0 Å². The van der Waals surface area contributed by atoms with E-state index in [0.717, 1.165) is 19.6 Å². The highest BCUT2D eigenvalue weighted by molar-refractivity contribution is 4.71. The second-order valence-electron chi connectivity index (χ2n) is 2.74. The lowest BCUT2D eigenvalue weighted by Crippen LogP contribution is -2.48. The van der Waals surface area contributed by atoms with Crippen LogP contribution >= 0.6 is 0 Å². The van der Waals surface area contributed by atoms with Crippen LogP contribution in [0.1, 0.15) is 6.92 Å². The zero-order valence-electron chi connectivity index (χ0n) is 6.04. The predicted octanol–water partition coefficient (Wildman–Crippen LogP) is 0.0115. The molecule has 9 heavy (non-hydrogen) atoms. The van der Waals surface area contributed by atoms with Gasteiger partial charge >= 0.3 is 0 Å². The van der Waals surface area contributed by atoms with Gasteiger partial charge in [0.15, 0.2) is 0 Å². The Labute approximate surface area is 55.8 Å². The third-order valence-corrected chi connectivity index (χ3v) is 1.94. The zero-order chi connectivity index (χ0) is 6.85. The summed E-state index contributed by atoms with van der Waals surface area (Å²) in [4.78, 5) is 2.24. The minimum atomic E-state index is 0.490. The van der Waals surface area contributed by atoms with E-state index in [9.17, 15) is 0 Å². The van der Waals surface area contributed by atoms with E-state index in [1.807, 2.05) is 0 Å². The van der Waals surface area contributed by atoms with Crippen molar-refractivity contribution in [2.75, 3.05) is 26.7 Å². The van der Waals surface area contributed by atoms with Crippen molar-refractivity contribution < 1.29 is 5.21 Å². The van der Waals surface area contributed by atoms with Crippen LogP contribution in [0.2, 0.25) is 0 Å². The van der Waals surface area contributed by atoms with Crippen molar-refractivity contribution in [3.8, 4) is 0 Å². The normalized spacial score (nSPS) is 33.0. The Balaban J connectivity index is 2.35. The standard InChI is InChI=1S/C6H14N2O/c1-6-5-8(9)4-3-7(6)2/h6,9H,3-5H2,1-2H3. The van der Waals surface area contributed by atoms with Crippen molar-refractivity contribution in [2.24, 2.45) is 0 Å². The summed E-state index contributed by atoms with van der Waals surface area (Å²) >= 11 is 0. The lowest BCUT2D eigenvalue weighted by Gasteiger charge is -2.33. The molecule has 1 aliphatic rings. The molecule has 0 spiro atoms. The molecule has 3 heteroatoms. The first-order valence-electron chi connectivity index (χ1n) is 3.34. The maximum atomic E-state index is 9.00. The molecule has 1 saturated heterocycles. The maximum absolute atomic E-state index is 9.00. The SMILES string of the molecule is CC1CN(O)CCN1C. The predicted molar refractivity (Wildman–Crippen MR) is 35.5 cm³/mol. The van der Waals surface area contributed by atoms with Gasteiger partial charge < -0.3 is 10.1 Å². The van der Waals surface area contributed by atoms with E-state index < -0.39 is 0 Å². The topological polar surface area (TPSA) is 26.7 Å². The van der Waals surface area contributed by atoms with Gasteiger partial charge in [0.05, 0.1) is 0 Å². The van der Waals surface area contributed by atoms with E-state index in [4.69, 9.17) is 5.21 Å². The Morgan fingerprint density at radius 1 is 1.44 bits per heavy atom. The quantitative estimate of drug-likeness (QED) is 0.500. The third-order valence-electron chi connectivity index (χ3n) is 1.94. The summed E-state index contributed by atoms with van der Waals surface area (Å²) in [5.74, 6) is 0. The summed E-state index contributed by atoms with van der Waals surface area (Å²) in [5, 5.41) is 10.4. The van der Waals surface area contributed by atoms with E-state index in [0.29, 0.717) is 6.04 Å². The minimum absolute atomic E-state index is 0.490. The molecule has 1 unspecified atom stereocenters. The molecule has 1 N–H and O–H groups in total. The van der Waals surface area contributed by atoms with Crippen LogP contribution in [0, 0.1) is 0 Å². The van der Waals surface area contributed by atoms with Crippen LogP contribution in [0.25, 0.3) is 0 Å². The number of hydrogen-bond donors (Lipinski definition) is 1. The van der Waals surface area contributed by atoms with Crippen molar-refractivity contribution >= 4 is 0 Å². The Hall–Kier alpha value is -0.120. The first kappa shape index (κ1) is 6.99. The van der Waals surface area contributed by atoms with E-state index in [1.54, 1.807) is 0 Å². The van der Waals surface area contributed by atoms with Gasteiger partial charge in [0.25, 0.3) is 0 Å². The van der Waals surface area contributed by atoms with E-state index in [1.165, 1.54) is 5.06 Å². The maximum Gasteiger partial charge on any atom is 0.0392 e. The summed E-state index contributed by atoms with van der Waals surface area (Å²) in [6, 6.07) is 0.490. The van der Waals surface area contributed by atoms with Gasteiger partial charge in [-0.3, -0.25) is 0 Å². The summed E-state index contributed by atoms with van der Waals surface area (Å²) in [6.45, 7) is 4.64. The summed E-state index contributed by atoms with van der Waals surface area (Å²) < 4.78 is 0. The highest BCUT2D eigenvalue weighted by atomic mass is 16.5. The van der Waals surface area contributed by atoms with Crippen LogP contribution < -0.4 is 0 Å². The van der Waals surface area contributed by atoms with Crippen LogP contribution in [0.3, 0.4) is 0 Å². The molecular formula is C6H14N2O. The number of likely N-dealkylation sites (N-methyl/N-ethyl adjacent to an activating group) is 1. The van der Waals surface area contributed by atoms with Crippen LogP contribution in [0.15, 0.2) is 0 Å². The molecular weight excluding hydrogens is 116 g/mol. The first-order valence-corrected chi connectivity index (χ1v) is 3.34. The molecule has 0 aromatic carbocycles. The van der Waals surface area contributed by atoms with Crippen molar-refractivity contribution in [1.82, 2.24) is 9.96 Å². The molecule has 1 atom stereocenters. The van der Waals surface area contributed by atoms with Crippen LogP contribution in [-0.2, 0) is 0 Å². The molecule has 0 bridgehead atoms. The number of hydroxylamine groups is 2. The average molecular weight is 130 g/mol. The average Bonchev–Trinajstić information content (AvgIpc) is 1.80. The number of rotatable bonds is 0. The molecule has 1 rings (SSSR count). The van der Waals surface area contributed by atoms with Crippen LogP contribution in [0.5, 0.6) is 0 Å². The minimum Gasteiger partial charge on any atom is -0.314 e. The Morgan fingerprint density at radius 3 is 2.56 bits per heavy atom. The van der Waals surface area contributed by atoms with Gasteiger partial charge in [0.1, 0.15) is 0 Å². The first-order chi connectivity index (χ1) is 4.20. The van der Waals surface area contributed by atoms with Crippen LogP contribution in [-0.4, -0.2) is 47.9 Å². The summed E-state index contributed by atoms with van der Waals surface area (Å²) in [5.41, 5.74) is 0.